The molecule has 4 N–H and O–H groups in total. The number of pyridine rings is 5. The van der Waals surface area contributed by atoms with E-state index in [1.807, 2.05) is 172 Å². The molecular weight excluding hydrogens is 1810 g/mol. The van der Waals surface area contributed by atoms with Crippen molar-refractivity contribution in [3.05, 3.63) is 278 Å². The summed E-state index contributed by atoms with van der Waals surface area (Å²) in [4.78, 5) is 35.4. The summed E-state index contributed by atoms with van der Waals surface area (Å²) in [5.41, 5.74) is 23.9. The Kier molecular flexibility index (Phi) is 42.2. The minimum atomic E-state index is -1.09. The summed E-state index contributed by atoms with van der Waals surface area (Å²) < 4.78 is 38.7. The molecular formula is C98H134Br2ClN14NaO5Si5. The molecule has 10 aromatic heterocycles. The number of fused-ring (bicyclic) bond motifs is 6. The fourth-order valence-corrected chi connectivity index (χ4v) is 16.9. The third-order valence-electron chi connectivity index (χ3n) is 20.2. The second kappa shape index (κ2) is 50.5. The molecule has 28 heteroatoms. The van der Waals surface area contributed by atoms with Crippen molar-refractivity contribution in [3.63, 3.8) is 0 Å². The van der Waals surface area contributed by atoms with Crippen molar-refractivity contribution in [2.24, 2.45) is 9.98 Å². The Bertz CT molecular complexity index is 5550. The van der Waals surface area contributed by atoms with Gasteiger partial charge in [0.2, 0.25) is 0 Å². The molecule has 11 heterocycles. The van der Waals surface area contributed by atoms with E-state index in [1.54, 1.807) is 0 Å². The summed E-state index contributed by atoms with van der Waals surface area (Å²) >= 11 is 12.3. The van der Waals surface area contributed by atoms with Crippen molar-refractivity contribution >= 4 is 168 Å². The van der Waals surface area contributed by atoms with E-state index in [4.69, 9.17) is 56.4 Å². The van der Waals surface area contributed by atoms with E-state index >= 15 is 0 Å². The van der Waals surface area contributed by atoms with Crippen molar-refractivity contribution in [1.29, 1.82) is 5.41 Å². The smallest absolute Gasteiger partial charge is 1.00 e. The summed E-state index contributed by atoms with van der Waals surface area (Å²) in [6, 6.07) is 67.2. The maximum atomic E-state index is 7.97. The number of aromatic amines is 1. The van der Waals surface area contributed by atoms with Crippen LogP contribution in [0.2, 0.25) is 128 Å². The SMILES string of the molecule is C.C[Si](C)(C)CCOCCl.C[Si](C)(C)CCOCn1ccc2cc3c(nc21)C=NC3.Cc1nc2[nH]ccc2cc1Br.Cc1nc2c(ccn2COCC[Si](C)(C)C)cc1Br.Cc1nc2c(ccn2COCC[Si](C)(C)C)cc1N.Cc1nc2c(ccn2COCC[Si](C)(C)C)cc1N=C(c1ccccc1)c1ccccc1.N=C(c1ccccc1)c1ccccc1.[H-].[Na+]. The standard InChI is InChI=1S/C27H31N3OSi.C15H21N3OSi.C14H21BrN2OSi.C14H23N3OSi.C13H11N.C8H7BrN2.C6H15ClOSi.CH4.Na.H/c1-21-25(29-26(22-11-7-5-8-12-22)23-13-9-6-10-14-23)19-24-15-16-30(27(24)28-21)20-31-17-18-32(2,3)4;1-20(2,3)7-6-19-11-18-5-4-12-8-13-9-16-10-14(13)17-15(12)18;2*1-11-13(15)9-12-5-6-17(14(12)16-11)10-18-7-8-19(2,3)4;14-13(11-7-3-1-4-8-11)12-9-5-2-6-10-12;1-5-7(9)4-6-2-3-10-8(6)11-5;1-9(2,3)5-4-8-6-7;;;/h5-16,19H,17-18,20H2,1-4H3;4-5,8,10H,6-7,9,11H2,1-3H3;5-6,9H,7-8,10H2,1-4H3;5-6,9H,7-8,10,15H2,1-4H3;1-10,14H;2-4H,1H3,(H,10,11);4-6H2,1-3H3;1H4;;/q;;;;;;;;+1;-1. The van der Waals surface area contributed by atoms with Crippen LogP contribution < -0.4 is 35.3 Å². The summed E-state index contributed by atoms with van der Waals surface area (Å²) in [5.74, 6) is 0. The molecule has 0 bridgehead atoms. The summed E-state index contributed by atoms with van der Waals surface area (Å²) in [7, 11) is -5.00. The van der Waals surface area contributed by atoms with Crippen molar-refractivity contribution in [2.75, 3.05) is 44.8 Å². The largest absolute Gasteiger partial charge is 1.00 e. The van der Waals surface area contributed by atoms with Crippen LogP contribution in [0.5, 0.6) is 0 Å². The van der Waals surface area contributed by atoms with Gasteiger partial charge in [0.1, 0.15) is 61.2 Å². The number of H-pyrrole nitrogens is 1. The predicted octanol–water partition coefficient (Wildman–Crippen LogP) is 23.8. The average molecular weight is 1950 g/mol. The second-order valence-corrected chi connectivity index (χ2v) is 67.1. The topological polar surface area (TPSA) is 221 Å². The number of aromatic nitrogens is 10. The van der Waals surface area contributed by atoms with E-state index in [0.717, 1.165) is 166 Å². The molecule has 14 aromatic rings. The van der Waals surface area contributed by atoms with Crippen LogP contribution in [0.3, 0.4) is 0 Å². The maximum absolute atomic E-state index is 7.97. The van der Waals surface area contributed by atoms with Gasteiger partial charge in [0.05, 0.1) is 57.8 Å². The van der Waals surface area contributed by atoms with Crippen LogP contribution in [0.25, 0.3) is 55.2 Å². The Morgan fingerprint density at radius 1 is 0.437 bits per heavy atom. The van der Waals surface area contributed by atoms with Gasteiger partial charge < -0.3 is 54.1 Å². The molecule has 1 aliphatic rings. The molecule has 15 rings (SSSR count). The monoisotopic (exact) mass is 1940 g/mol. The number of anilines is 1. The van der Waals surface area contributed by atoms with E-state index in [-0.39, 0.29) is 38.4 Å². The van der Waals surface area contributed by atoms with E-state index in [0.29, 0.717) is 38.7 Å². The van der Waals surface area contributed by atoms with Crippen LogP contribution in [0.15, 0.2) is 232 Å². The first-order valence-corrected chi connectivity index (χ1v) is 63.3. The van der Waals surface area contributed by atoms with E-state index < -0.39 is 40.4 Å². The number of benzene rings is 4. The Morgan fingerprint density at radius 3 is 1.18 bits per heavy atom. The van der Waals surface area contributed by atoms with Gasteiger partial charge in [-0.1, -0.05) is 239 Å². The average Bonchev–Trinajstić information content (AvgIpc) is 1.65. The number of nitrogens with zero attached hydrogens (tertiary/aromatic N) is 11. The van der Waals surface area contributed by atoms with Crippen LogP contribution in [0, 0.1) is 33.1 Å². The van der Waals surface area contributed by atoms with Gasteiger partial charge in [0.15, 0.2) is 0 Å². The van der Waals surface area contributed by atoms with Crippen LogP contribution in [-0.4, -0.2) is 145 Å². The van der Waals surface area contributed by atoms with Crippen molar-refractivity contribution < 1.29 is 54.7 Å². The van der Waals surface area contributed by atoms with E-state index in [2.05, 4.69) is 253 Å². The first kappa shape index (κ1) is 105. The molecule has 4 aromatic carbocycles. The Balaban J connectivity index is 0.000000235. The number of nitrogens with one attached hydrogen (secondary N) is 2. The quantitative estimate of drug-likeness (QED) is 0.0173. The summed E-state index contributed by atoms with van der Waals surface area (Å²) in [6.07, 6.45) is 11.9. The van der Waals surface area contributed by atoms with Gasteiger partial charge in [-0.05, 0) is 162 Å². The number of hydrogen-bond acceptors (Lipinski definition) is 14. The normalized spacial score (nSPS) is 11.8. The molecule has 126 heavy (non-hydrogen) atoms. The van der Waals surface area contributed by atoms with Gasteiger partial charge in [-0.2, -0.15) is 0 Å². The number of hydrogen-bond donors (Lipinski definition) is 3. The minimum absolute atomic E-state index is 0. The third kappa shape index (κ3) is 34.9. The summed E-state index contributed by atoms with van der Waals surface area (Å²) in [5, 5.41) is 13.6. The van der Waals surface area contributed by atoms with Gasteiger partial charge in [0, 0.05) is 163 Å². The number of ether oxygens (including phenoxy) is 5. The number of aliphatic imine (C=N–C) groups is 2. The number of rotatable bonds is 29. The van der Waals surface area contributed by atoms with Gasteiger partial charge in [-0.15, -0.1) is 0 Å². The molecule has 668 valence electrons. The molecule has 0 atom stereocenters. The number of alkyl halides is 1. The van der Waals surface area contributed by atoms with E-state index in [1.165, 1.54) is 41.2 Å². The Hall–Kier alpha value is -7.73. The molecule has 0 unspecified atom stereocenters. The number of aryl methyl sites for hydroxylation is 4. The fraction of sp³-hybridized carbons (Fsp3) is 0.367. The Labute approximate surface area is 799 Å². The van der Waals surface area contributed by atoms with Crippen LogP contribution >= 0.6 is 43.5 Å². The molecule has 0 saturated heterocycles. The molecule has 0 radical (unpaired) electrons. The number of nitrogens with two attached hydrogens (primary N) is 1. The maximum Gasteiger partial charge on any atom is 1.00 e. The molecule has 0 fully saturated rings. The first-order chi connectivity index (χ1) is 58.9. The fourth-order valence-electron chi connectivity index (χ4n) is 12.4. The summed E-state index contributed by atoms with van der Waals surface area (Å²) in [6.45, 7) is 50.4. The zero-order chi connectivity index (χ0) is 89.8. The second-order valence-electron chi connectivity index (χ2n) is 37.1. The van der Waals surface area contributed by atoms with Crippen molar-refractivity contribution in [3.8, 4) is 0 Å². The van der Waals surface area contributed by atoms with Crippen molar-refractivity contribution in [1.82, 2.24) is 48.2 Å². The van der Waals surface area contributed by atoms with Gasteiger partial charge in [0.25, 0.3) is 0 Å². The predicted molar refractivity (Wildman–Crippen MR) is 551 cm³/mol. The van der Waals surface area contributed by atoms with Crippen LogP contribution in [0.1, 0.15) is 65.1 Å². The molecule has 0 spiro atoms. The molecule has 19 nitrogen and oxygen atoms in total. The van der Waals surface area contributed by atoms with Crippen LogP contribution in [0.4, 0.5) is 11.4 Å². The van der Waals surface area contributed by atoms with Crippen molar-refractivity contribution in [2.45, 2.75) is 197 Å². The third-order valence-corrected chi connectivity index (χ3v) is 30.4. The molecule has 0 amide bonds. The van der Waals surface area contributed by atoms with Crippen LogP contribution in [-0.2, 0) is 57.2 Å². The molecule has 1 aliphatic heterocycles. The zero-order valence-corrected chi connectivity index (χ0v) is 88.2. The van der Waals surface area contributed by atoms with Gasteiger partial charge >= 0.3 is 29.6 Å². The number of nitrogen functional groups attached to an aromatic ring is 1. The Morgan fingerprint density at radius 2 is 0.778 bits per heavy atom. The minimum Gasteiger partial charge on any atom is -1.00 e. The molecule has 0 saturated carbocycles. The molecule has 0 aliphatic carbocycles. The van der Waals surface area contributed by atoms with Gasteiger partial charge in [-0.25, -0.2) is 29.9 Å². The zero-order valence-electron chi connectivity index (χ0n) is 78.3. The van der Waals surface area contributed by atoms with E-state index in [9.17, 15) is 0 Å². The first-order valence-electron chi connectivity index (χ1n) is 42.6. The number of halogens is 3. The van der Waals surface area contributed by atoms with Gasteiger partial charge in [-0.3, -0.25) is 10.4 Å².